The van der Waals surface area contributed by atoms with Gasteiger partial charge in [0.05, 0.1) is 5.56 Å². The average Bonchev–Trinajstić information content (AvgIpc) is 2.70. The lowest BCUT2D eigenvalue weighted by Crippen LogP contribution is -2.47. The standard InChI is InChI=1S/C22H28BrN3O2S/c1-26(2)15-17-9-5-4-8-16(17)14-24-22(28)20(12-13-29-3)25-21(27)18-10-6-7-11-19(18)23/h4-11,20H,12-15H2,1-3H3,(H,24,28)(H,25,27). The van der Waals surface area contributed by atoms with Gasteiger partial charge in [0, 0.05) is 17.6 Å². The smallest absolute Gasteiger partial charge is 0.253 e. The third kappa shape index (κ3) is 7.49. The molecule has 1 unspecified atom stereocenters. The van der Waals surface area contributed by atoms with Gasteiger partial charge in [0.1, 0.15) is 6.04 Å². The summed E-state index contributed by atoms with van der Waals surface area (Å²) < 4.78 is 0.708. The summed E-state index contributed by atoms with van der Waals surface area (Å²) >= 11 is 5.05. The maximum absolute atomic E-state index is 12.9. The number of hydrogen-bond acceptors (Lipinski definition) is 4. The van der Waals surface area contributed by atoms with E-state index in [1.54, 1.807) is 23.9 Å². The minimum absolute atomic E-state index is 0.167. The summed E-state index contributed by atoms with van der Waals surface area (Å²) in [6, 6.07) is 14.7. The quantitative estimate of drug-likeness (QED) is 0.547. The predicted octanol–water partition coefficient (Wildman–Crippen LogP) is 3.68. The van der Waals surface area contributed by atoms with Crippen LogP contribution in [0.1, 0.15) is 27.9 Å². The third-order valence-corrected chi connectivity index (χ3v) is 5.74. The summed E-state index contributed by atoms with van der Waals surface area (Å²) in [5, 5.41) is 5.89. The van der Waals surface area contributed by atoms with Crippen LogP contribution in [-0.2, 0) is 17.9 Å². The Hall–Kier alpha value is -1.83. The first-order chi connectivity index (χ1) is 13.9. The van der Waals surface area contributed by atoms with Gasteiger partial charge in [-0.05, 0) is 71.7 Å². The molecular weight excluding hydrogens is 450 g/mol. The fourth-order valence-electron chi connectivity index (χ4n) is 2.92. The normalized spacial score (nSPS) is 11.9. The van der Waals surface area contributed by atoms with Gasteiger partial charge in [-0.15, -0.1) is 0 Å². The molecule has 29 heavy (non-hydrogen) atoms. The number of nitrogens with one attached hydrogen (secondary N) is 2. The minimum Gasteiger partial charge on any atom is -0.350 e. The number of rotatable bonds is 10. The van der Waals surface area contributed by atoms with Crippen molar-refractivity contribution in [1.82, 2.24) is 15.5 Å². The molecule has 0 saturated heterocycles. The molecule has 0 aliphatic carbocycles. The number of halogens is 1. The summed E-state index contributed by atoms with van der Waals surface area (Å²) in [6.07, 6.45) is 2.56. The van der Waals surface area contributed by atoms with Crippen LogP contribution >= 0.6 is 27.7 Å². The van der Waals surface area contributed by atoms with Crippen LogP contribution in [0.4, 0.5) is 0 Å². The molecular formula is C22H28BrN3O2S. The Morgan fingerprint density at radius 2 is 1.72 bits per heavy atom. The number of carbonyl (C=O) groups excluding carboxylic acids is 2. The van der Waals surface area contributed by atoms with Crippen molar-refractivity contribution in [3.05, 3.63) is 69.7 Å². The molecule has 0 fully saturated rings. The number of hydrogen-bond donors (Lipinski definition) is 2. The molecule has 0 saturated carbocycles. The predicted molar refractivity (Wildman–Crippen MR) is 124 cm³/mol. The van der Waals surface area contributed by atoms with Crippen molar-refractivity contribution in [3.8, 4) is 0 Å². The second-order valence-corrected chi connectivity index (χ2v) is 8.85. The number of benzene rings is 2. The Kier molecular flexibility index (Phi) is 9.70. The Morgan fingerprint density at radius 1 is 1.07 bits per heavy atom. The third-order valence-electron chi connectivity index (χ3n) is 4.41. The van der Waals surface area contributed by atoms with Crippen molar-refractivity contribution in [2.75, 3.05) is 26.1 Å². The van der Waals surface area contributed by atoms with Crippen molar-refractivity contribution >= 4 is 39.5 Å². The molecule has 2 amide bonds. The van der Waals surface area contributed by atoms with Gasteiger partial charge < -0.3 is 15.5 Å². The van der Waals surface area contributed by atoms with Crippen molar-refractivity contribution in [3.63, 3.8) is 0 Å². The van der Waals surface area contributed by atoms with E-state index in [4.69, 9.17) is 0 Å². The van der Waals surface area contributed by atoms with Crippen LogP contribution < -0.4 is 10.6 Å². The molecule has 2 N–H and O–H groups in total. The van der Waals surface area contributed by atoms with Crippen LogP contribution in [0.25, 0.3) is 0 Å². The molecule has 2 aromatic carbocycles. The van der Waals surface area contributed by atoms with E-state index in [1.165, 1.54) is 5.56 Å². The van der Waals surface area contributed by atoms with Crippen LogP contribution in [0.3, 0.4) is 0 Å². The molecule has 0 bridgehead atoms. The van der Waals surface area contributed by atoms with Gasteiger partial charge in [0.15, 0.2) is 0 Å². The Morgan fingerprint density at radius 3 is 2.38 bits per heavy atom. The van der Waals surface area contributed by atoms with E-state index in [2.05, 4.69) is 37.5 Å². The minimum atomic E-state index is -0.580. The zero-order valence-corrected chi connectivity index (χ0v) is 19.5. The van der Waals surface area contributed by atoms with E-state index >= 15 is 0 Å². The Balaban J connectivity index is 2.05. The van der Waals surface area contributed by atoms with Gasteiger partial charge >= 0.3 is 0 Å². The topological polar surface area (TPSA) is 61.4 Å². The van der Waals surface area contributed by atoms with Crippen molar-refractivity contribution in [2.24, 2.45) is 0 Å². The van der Waals surface area contributed by atoms with E-state index < -0.39 is 6.04 Å². The lowest BCUT2D eigenvalue weighted by molar-refractivity contribution is -0.123. The molecule has 0 spiro atoms. The molecule has 7 heteroatoms. The zero-order valence-electron chi connectivity index (χ0n) is 17.1. The van der Waals surface area contributed by atoms with Crippen LogP contribution in [-0.4, -0.2) is 48.9 Å². The Bertz CT molecular complexity index is 829. The highest BCUT2D eigenvalue weighted by atomic mass is 79.9. The number of nitrogens with zero attached hydrogens (tertiary/aromatic N) is 1. The summed E-state index contributed by atoms with van der Waals surface area (Å²) in [6.45, 7) is 1.24. The molecule has 156 valence electrons. The first-order valence-electron chi connectivity index (χ1n) is 9.46. The van der Waals surface area contributed by atoms with E-state index in [0.717, 1.165) is 17.9 Å². The van der Waals surface area contributed by atoms with Crippen LogP contribution in [0.5, 0.6) is 0 Å². The summed E-state index contributed by atoms with van der Waals surface area (Å²) in [7, 11) is 4.04. The van der Waals surface area contributed by atoms with Crippen LogP contribution in [0.2, 0.25) is 0 Å². The second kappa shape index (κ2) is 12.0. The van der Waals surface area contributed by atoms with Crippen molar-refractivity contribution < 1.29 is 9.59 Å². The molecule has 2 aromatic rings. The van der Waals surface area contributed by atoms with Crippen LogP contribution in [0, 0.1) is 0 Å². The average molecular weight is 478 g/mol. The van der Waals surface area contributed by atoms with Gasteiger partial charge in [-0.2, -0.15) is 11.8 Å². The van der Waals surface area contributed by atoms with Gasteiger partial charge in [-0.3, -0.25) is 9.59 Å². The zero-order chi connectivity index (χ0) is 21.2. The molecule has 0 aliphatic rings. The lowest BCUT2D eigenvalue weighted by Gasteiger charge is -2.20. The SMILES string of the molecule is CSCCC(NC(=O)c1ccccc1Br)C(=O)NCc1ccccc1CN(C)C. The van der Waals surface area contributed by atoms with Gasteiger partial charge in [0.25, 0.3) is 5.91 Å². The van der Waals surface area contributed by atoms with Crippen LogP contribution in [0.15, 0.2) is 53.0 Å². The molecule has 2 rings (SSSR count). The number of carbonyl (C=O) groups is 2. The van der Waals surface area contributed by atoms with Gasteiger partial charge in [0.2, 0.25) is 5.91 Å². The van der Waals surface area contributed by atoms with E-state index in [9.17, 15) is 9.59 Å². The summed E-state index contributed by atoms with van der Waals surface area (Å²) in [5.41, 5.74) is 2.77. The van der Waals surface area contributed by atoms with E-state index in [0.29, 0.717) is 23.0 Å². The molecule has 0 heterocycles. The highest BCUT2D eigenvalue weighted by Gasteiger charge is 2.22. The maximum atomic E-state index is 12.9. The largest absolute Gasteiger partial charge is 0.350 e. The van der Waals surface area contributed by atoms with E-state index in [-0.39, 0.29) is 11.8 Å². The molecule has 1 atom stereocenters. The van der Waals surface area contributed by atoms with Gasteiger partial charge in [-0.25, -0.2) is 0 Å². The van der Waals surface area contributed by atoms with Gasteiger partial charge in [-0.1, -0.05) is 36.4 Å². The molecule has 0 radical (unpaired) electrons. The number of thioether (sulfide) groups is 1. The summed E-state index contributed by atoms with van der Waals surface area (Å²) in [5.74, 6) is 0.358. The summed E-state index contributed by atoms with van der Waals surface area (Å²) in [4.78, 5) is 27.6. The monoisotopic (exact) mass is 477 g/mol. The number of amides is 2. The molecule has 0 aliphatic heterocycles. The van der Waals surface area contributed by atoms with Crippen molar-refractivity contribution in [1.29, 1.82) is 0 Å². The second-order valence-electron chi connectivity index (χ2n) is 7.01. The Labute approximate surface area is 185 Å². The maximum Gasteiger partial charge on any atom is 0.253 e. The first-order valence-corrected chi connectivity index (χ1v) is 11.6. The molecule has 5 nitrogen and oxygen atoms in total. The highest BCUT2D eigenvalue weighted by molar-refractivity contribution is 9.10. The highest BCUT2D eigenvalue weighted by Crippen LogP contribution is 2.16. The fraction of sp³-hybridized carbons (Fsp3) is 0.364. The first kappa shape index (κ1) is 23.4. The van der Waals surface area contributed by atoms with Crippen molar-refractivity contribution in [2.45, 2.75) is 25.6 Å². The van der Waals surface area contributed by atoms with E-state index in [1.807, 2.05) is 50.7 Å². The fourth-order valence-corrected chi connectivity index (χ4v) is 3.85. The lowest BCUT2D eigenvalue weighted by atomic mass is 10.1. The molecule has 0 aromatic heterocycles.